The maximum Gasteiger partial charge on any atom is 0.242 e. The first-order valence-electron chi connectivity index (χ1n) is 7.76. The number of nitrogens with zero attached hydrogens (tertiary/aromatic N) is 4. The predicted molar refractivity (Wildman–Crippen MR) is 75.2 cm³/mol. The van der Waals surface area contributed by atoms with Gasteiger partial charge in [0.15, 0.2) is 5.82 Å². The summed E-state index contributed by atoms with van der Waals surface area (Å²) in [5.74, 6) is 2.14. The Labute approximate surface area is 124 Å². The summed E-state index contributed by atoms with van der Waals surface area (Å²) in [6.45, 7) is 4.30. The molecule has 0 aliphatic heterocycles. The molecule has 2 saturated carbocycles. The summed E-state index contributed by atoms with van der Waals surface area (Å²) < 4.78 is 1.56. The lowest BCUT2D eigenvalue weighted by atomic mass is 9.85. The highest BCUT2D eigenvalue weighted by Crippen LogP contribution is 2.48. The van der Waals surface area contributed by atoms with E-state index in [0.717, 1.165) is 18.7 Å². The molecule has 2 aliphatic rings. The van der Waals surface area contributed by atoms with Crippen molar-refractivity contribution in [3.8, 4) is 0 Å². The van der Waals surface area contributed by atoms with Crippen molar-refractivity contribution in [1.29, 1.82) is 0 Å². The highest BCUT2D eigenvalue weighted by Gasteiger charge is 2.47. The zero-order valence-electron chi connectivity index (χ0n) is 12.6. The Kier molecular flexibility index (Phi) is 3.93. The molecule has 1 heterocycles. The molecule has 7 heteroatoms. The van der Waals surface area contributed by atoms with Crippen LogP contribution in [0.15, 0.2) is 0 Å². The molecule has 4 unspecified atom stereocenters. The molecule has 1 aromatic rings. The van der Waals surface area contributed by atoms with E-state index in [4.69, 9.17) is 0 Å². The Bertz CT molecular complexity index is 515. The van der Waals surface area contributed by atoms with E-state index in [-0.39, 0.29) is 36.9 Å². The van der Waals surface area contributed by atoms with E-state index in [1.807, 2.05) is 13.8 Å². The van der Waals surface area contributed by atoms with Crippen LogP contribution in [-0.2, 0) is 11.3 Å². The Morgan fingerprint density at radius 3 is 2.90 bits per heavy atom. The molecule has 116 valence electrons. The van der Waals surface area contributed by atoms with Crippen molar-refractivity contribution in [2.24, 2.45) is 17.8 Å². The van der Waals surface area contributed by atoms with Gasteiger partial charge in [-0.3, -0.25) is 4.79 Å². The zero-order chi connectivity index (χ0) is 15.0. The molecule has 0 spiro atoms. The van der Waals surface area contributed by atoms with Crippen molar-refractivity contribution in [1.82, 2.24) is 25.5 Å². The Morgan fingerprint density at radius 1 is 1.43 bits per heavy atom. The van der Waals surface area contributed by atoms with Gasteiger partial charge in [0.1, 0.15) is 6.54 Å². The average molecular weight is 293 g/mol. The van der Waals surface area contributed by atoms with Crippen molar-refractivity contribution in [3.63, 3.8) is 0 Å². The van der Waals surface area contributed by atoms with Gasteiger partial charge in [0, 0.05) is 24.5 Å². The number of aromatic nitrogens is 4. The van der Waals surface area contributed by atoms with Crippen LogP contribution >= 0.6 is 0 Å². The van der Waals surface area contributed by atoms with Gasteiger partial charge < -0.3 is 10.4 Å². The molecule has 2 fully saturated rings. The molecule has 0 aromatic carbocycles. The van der Waals surface area contributed by atoms with E-state index in [1.54, 1.807) is 4.68 Å². The number of carbonyl (C=O) groups is 1. The topological polar surface area (TPSA) is 92.9 Å². The summed E-state index contributed by atoms with van der Waals surface area (Å²) in [6, 6.07) is 0.111. The van der Waals surface area contributed by atoms with Crippen LogP contribution < -0.4 is 5.32 Å². The minimum atomic E-state index is -0.0693. The molecule has 21 heavy (non-hydrogen) atoms. The first kappa shape index (κ1) is 14.4. The fourth-order valence-corrected chi connectivity index (χ4v) is 4.00. The maximum atomic E-state index is 12.3. The lowest BCUT2D eigenvalue weighted by Crippen LogP contribution is -2.46. The Hall–Kier alpha value is -1.50. The first-order chi connectivity index (χ1) is 10.1. The molecule has 3 rings (SSSR count). The van der Waals surface area contributed by atoms with Crippen LogP contribution in [0.25, 0.3) is 0 Å². The van der Waals surface area contributed by atoms with Crippen LogP contribution in [0.3, 0.4) is 0 Å². The van der Waals surface area contributed by atoms with E-state index in [2.05, 4.69) is 20.8 Å². The third-order valence-corrected chi connectivity index (χ3v) is 5.00. The van der Waals surface area contributed by atoms with Gasteiger partial charge in [-0.1, -0.05) is 13.8 Å². The van der Waals surface area contributed by atoms with Crippen LogP contribution in [0.4, 0.5) is 0 Å². The third-order valence-electron chi connectivity index (χ3n) is 5.00. The van der Waals surface area contributed by atoms with E-state index in [9.17, 15) is 9.90 Å². The van der Waals surface area contributed by atoms with Gasteiger partial charge in [0.25, 0.3) is 0 Å². The number of fused-ring (bicyclic) bond motifs is 2. The smallest absolute Gasteiger partial charge is 0.242 e. The lowest BCUT2D eigenvalue weighted by Gasteiger charge is -2.30. The fourth-order valence-electron chi connectivity index (χ4n) is 4.00. The number of aliphatic hydroxyl groups is 1. The minimum absolute atomic E-state index is 0.0693. The summed E-state index contributed by atoms with van der Waals surface area (Å²) in [5.41, 5.74) is 0. The SMILES string of the molecule is CC(C)c1nnnn1CC(=O)NC1C2CCC(C2)C1CO. The molecule has 1 aromatic heterocycles. The van der Waals surface area contributed by atoms with Gasteiger partial charge in [-0.05, 0) is 41.5 Å². The lowest BCUT2D eigenvalue weighted by molar-refractivity contribution is -0.123. The second-order valence-corrected chi connectivity index (χ2v) is 6.62. The van der Waals surface area contributed by atoms with Crippen molar-refractivity contribution in [2.45, 2.75) is 51.6 Å². The monoisotopic (exact) mass is 293 g/mol. The highest BCUT2D eigenvalue weighted by atomic mass is 16.3. The molecule has 2 N–H and O–H groups in total. The molecule has 7 nitrogen and oxygen atoms in total. The van der Waals surface area contributed by atoms with E-state index < -0.39 is 0 Å². The molecule has 4 atom stereocenters. The summed E-state index contributed by atoms with van der Waals surface area (Å²) in [6.07, 6.45) is 3.49. The zero-order valence-corrected chi connectivity index (χ0v) is 12.6. The van der Waals surface area contributed by atoms with Gasteiger partial charge >= 0.3 is 0 Å². The van der Waals surface area contributed by atoms with E-state index in [1.165, 1.54) is 6.42 Å². The van der Waals surface area contributed by atoms with Gasteiger partial charge in [0.2, 0.25) is 5.91 Å². The van der Waals surface area contributed by atoms with Crippen molar-refractivity contribution in [3.05, 3.63) is 5.82 Å². The number of hydrogen-bond donors (Lipinski definition) is 2. The summed E-state index contributed by atoms with van der Waals surface area (Å²) in [4.78, 5) is 12.3. The van der Waals surface area contributed by atoms with Crippen molar-refractivity contribution < 1.29 is 9.90 Å². The van der Waals surface area contributed by atoms with Crippen LogP contribution in [-0.4, -0.2) is 43.9 Å². The quantitative estimate of drug-likeness (QED) is 0.815. The van der Waals surface area contributed by atoms with Gasteiger partial charge in [-0.15, -0.1) is 5.10 Å². The number of hydrogen-bond acceptors (Lipinski definition) is 5. The number of nitrogens with one attached hydrogen (secondary N) is 1. The number of amides is 1. The molecule has 0 radical (unpaired) electrons. The van der Waals surface area contributed by atoms with E-state index in [0.29, 0.717) is 11.8 Å². The largest absolute Gasteiger partial charge is 0.396 e. The van der Waals surface area contributed by atoms with Crippen molar-refractivity contribution in [2.75, 3.05) is 6.61 Å². The second kappa shape index (κ2) is 5.71. The predicted octanol–water partition coefficient (Wildman–Crippen LogP) is 0.320. The molecular formula is C14H23N5O2. The van der Waals surface area contributed by atoms with Crippen LogP contribution in [0, 0.1) is 17.8 Å². The number of carbonyl (C=O) groups excluding carboxylic acids is 1. The second-order valence-electron chi connectivity index (χ2n) is 6.62. The average Bonchev–Trinajstić information content (AvgIpc) is 3.13. The van der Waals surface area contributed by atoms with Crippen molar-refractivity contribution >= 4 is 5.91 Å². The number of aliphatic hydroxyl groups excluding tert-OH is 1. The number of rotatable bonds is 5. The molecule has 2 bridgehead atoms. The highest BCUT2D eigenvalue weighted by molar-refractivity contribution is 5.76. The third kappa shape index (κ3) is 2.66. The molecule has 1 amide bonds. The van der Waals surface area contributed by atoms with E-state index >= 15 is 0 Å². The summed E-state index contributed by atoms with van der Waals surface area (Å²) >= 11 is 0. The summed E-state index contributed by atoms with van der Waals surface area (Å²) in [7, 11) is 0. The van der Waals surface area contributed by atoms with Crippen LogP contribution in [0.1, 0.15) is 44.9 Å². The number of tetrazole rings is 1. The first-order valence-corrected chi connectivity index (χ1v) is 7.76. The Morgan fingerprint density at radius 2 is 2.19 bits per heavy atom. The fraction of sp³-hybridized carbons (Fsp3) is 0.857. The molecular weight excluding hydrogens is 270 g/mol. The van der Waals surface area contributed by atoms with Gasteiger partial charge in [-0.2, -0.15) is 0 Å². The maximum absolute atomic E-state index is 12.3. The summed E-state index contributed by atoms with van der Waals surface area (Å²) in [5, 5.41) is 24.1. The minimum Gasteiger partial charge on any atom is -0.396 e. The van der Waals surface area contributed by atoms with Crippen LogP contribution in [0.2, 0.25) is 0 Å². The molecule has 2 aliphatic carbocycles. The van der Waals surface area contributed by atoms with Gasteiger partial charge in [-0.25, -0.2) is 4.68 Å². The van der Waals surface area contributed by atoms with Crippen LogP contribution in [0.5, 0.6) is 0 Å². The normalized spacial score (nSPS) is 31.0. The molecule has 0 saturated heterocycles. The van der Waals surface area contributed by atoms with Gasteiger partial charge in [0.05, 0.1) is 0 Å². The standard InChI is InChI=1S/C14H23N5O2/c1-8(2)14-16-17-18-19(14)6-12(21)15-13-10-4-3-9(5-10)11(13)7-20/h8-11,13,20H,3-7H2,1-2H3,(H,15,21). The Balaban J connectivity index is 1.63.